The van der Waals surface area contributed by atoms with E-state index in [1.54, 1.807) is 0 Å². The van der Waals surface area contributed by atoms with Gasteiger partial charge >= 0.3 is 11.9 Å². The SMILES string of the molecule is CC(=O)OCC1OC(OC2CCC3(C)C(CCC4(C)C3CCC3C(C5(O)CC(C=C(C)C)OC5=O)CCC34C)C2(C)C)C(OC2OC(C)C(O)C(O)C2O)C(OC2OCC(O)C(O)C2O)C1O. The molecule has 0 bridgehead atoms. The number of aliphatic hydroxyl groups is 8. The zero-order valence-electron chi connectivity index (χ0n) is 40.6. The highest BCUT2D eigenvalue weighted by Crippen LogP contribution is 2.76. The van der Waals surface area contributed by atoms with E-state index in [1.807, 2.05) is 19.9 Å². The molecule has 0 spiro atoms. The topological polar surface area (TPSA) is 270 Å². The van der Waals surface area contributed by atoms with E-state index in [0.717, 1.165) is 50.5 Å². The number of ether oxygens (including phenoxy) is 8. The first-order valence-electron chi connectivity index (χ1n) is 24.7. The van der Waals surface area contributed by atoms with Crippen LogP contribution in [0.5, 0.6) is 0 Å². The van der Waals surface area contributed by atoms with Gasteiger partial charge in [0.2, 0.25) is 0 Å². The summed E-state index contributed by atoms with van der Waals surface area (Å²) in [6, 6.07) is 0. The molecule has 4 aliphatic heterocycles. The van der Waals surface area contributed by atoms with Gasteiger partial charge in [0.15, 0.2) is 24.5 Å². The Morgan fingerprint density at radius 1 is 0.701 bits per heavy atom. The molecule has 4 saturated carbocycles. The van der Waals surface area contributed by atoms with Crippen LogP contribution in [-0.4, -0.2) is 170 Å². The lowest BCUT2D eigenvalue weighted by atomic mass is 9.35. The second-order valence-electron chi connectivity index (χ2n) is 23.1. The highest BCUT2D eigenvalue weighted by atomic mass is 16.8. The zero-order valence-corrected chi connectivity index (χ0v) is 40.6. The first-order valence-corrected chi connectivity index (χ1v) is 24.7. The van der Waals surface area contributed by atoms with Gasteiger partial charge in [0.1, 0.15) is 73.8 Å². The standard InChI is InChI=1S/C49H78O18/c1-22(2)18-25-19-49(59,44(58)63-25)27-12-16-47(8)26(27)10-11-31-46(7)15-14-32(45(5,6)30(46)13-17-48(31,47)9)65-43-40(67-42-38(57)36(55)33(52)23(3)62-42)39(35(54)29(64-43)21-60-24(4)50)66-41-37(56)34(53)28(51)20-61-41/h18,23,25-43,51-57,59H,10-17,19-21H2,1-9H3. The van der Waals surface area contributed by atoms with Crippen molar-refractivity contribution in [2.24, 2.45) is 45.3 Å². The molecule has 0 amide bonds. The van der Waals surface area contributed by atoms with Gasteiger partial charge in [0.05, 0.1) is 18.8 Å². The zero-order chi connectivity index (χ0) is 48.9. The number of hydrogen-bond donors (Lipinski definition) is 8. The third-order valence-corrected chi connectivity index (χ3v) is 18.8. The Balaban J connectivity index is 1.07. The van der Waals surface area contributed by atoms with Gasteiger partial charge in [-0.15, -0.1) is 0 Å². The number of hydrogen-bond acceptors (Lipinski definition) is 18. The van der Waals surface area contributed by atoms with Crippen molar-refractivity contribution in [3.8, 4) is 0 Å². The van der Waals surface area contributed by atoms with Crippen LogP contribution < -0.4 is 0 Å². The van der Waals surface area contributed by atoms with Crippen molar-refractivity contribution in [1.82, 2.24) is 0 Å². The minimum absolute atomic E-state index is 0.0839. The molecule has 18 nitrogen and oxygen atoms in total. The van der Waals surface area contributed by atoms with Gasteiger partial charge in [-0.25, -0.2) is 4.79 Å². The molecule has 67 heavy (non-hydrogen) atoms. The Kier molecular flexibility index (Phi) is 14.3. The van der Waals surface area contributed by atoms with Crippen LogP contribution in [0.25, 0.3) is 0 Å². The third kappa shape index (κ3) is 8.65. The molecule has 0 aromatic heterocycles. The number of allylic oxidation sites excluding steroid dienone is 1. The highest BCUT2D eigenvalue weighted by Gasteiger charge is 2.71. The van der Waals surface area contributed by atoms with E-state index < -0.39 is 134 Å². The average Bonchev–Trinajstić information content (AvgIpc) is 3.76. The third-order valence-electron chi connectivity index (χ3n) is 18.8. The first kappa shape index (κ1) is 51.5. The Labute approximate surface area is 393 Å². The Morgan fingerprint density at radius 2 is 1.37 bits per heavy atom. The molecule has 0 radical (unpaired) electrons. The van der Waals surface area contributed by atoms with E-state index in [1.165, 1.54) is 13.8 Å². The van der Waals surface area contributed by atoms with Crippen LogP contribution >= 0.6 is 0 Å². The molecule has 24 atom stereocenters. The summed E-state index contributed by atoms with van der Waals surface area (Å²) < 4.78 is 48.7. The molecule has 8 rings (SSSR count). The normalized spacial score (nSPS) is 52.9. The van der Waals surface area contributed by atoms with Crippen LogP contribution in [0.15, 0.2) is 11.6 Å². The maximum Gasteiger partial charge on any atom is 0.339 e. The van der Waals surface area contributed by atoms with Gasteiger partial charge in [-0.1, -0.05) is 40.2 Å². The molecule has 0 aromatic rings. The number of esters is 2. The largest absolute Gasteiger partial charge is 0.463 e. The fourth-order valence-electron chi connectivity index (χ4n) is 15.1. The Morgan fingerprint density at radius 3 is 2.06 bits per heavy atom. The molecule has 18 heteroatoms. The van der Waals surface area contributed by atoms with Crippen LogP contribution in [-0.2, 0) is 47.5 Å². The predicted octanol–water partition coefficient (Wildman–Crippen LogP) is 1.76. The minimum atomic E-state index is -1.78. The molecule has 4 heterocycles. The predicted molar refractivity (Wildman–Crippen MR) is 234 cm³/mol. The minimum Gasteiger partial charge on any atom is -0.463 e. The van der Waals surface area contributed by atoms with Crippen LogP contribution in [0, 0.1) is 45.3 Å². The van der Waals surface area contributed by atoms with E-state index in [9.17, 15) is 50.4 Å². The summed E-state index contributed by atoms with van der Waals surface area (Å²) in [5.41, 5.74) is -1.32. The van der Waals surface area contributed by atoms with Crippen molar-refractivity contribution in [3.05, 3.63) is 11.6 Å². The molecular weight excluding hydrogens is 877 g/mol. The summed E-state index contributed by atoms with van der Waals surface area (Å²) in [5, 5.41) is 88.2. The number of carbonyl (C=O) groups is 2. The molecule has 4 aliphatic carbocycles. The Bertz CT molecular complexity index is 1840. The van der Waals surface area contributed by atoms with Crippen LogP contribution in [0.4, 0.5) is 0 Å². The quantitative estimate of drug-likeness (QED) is 0.0881. The number of cyclic esters (lactones) is 1. The number of carbonyl (C=O) groups excluding carboxylic acids is 2. The van der Waals surface area contributed by atoms with E-state index in [0.29, 0.717) is 12.3 Å². The van der Waals surface area contributed by atoms with Crippen molar-refractivity contribution in [2.75, 3.05) is 13.2 Å². The maximum absolute atomic E-state index is 13.5. The van der Waals surface area contributed by atoms with Crippen molar-refractivity contribution in [3.63, 3.8) is 0 Å². The van der Waals surface area contributed by atoms with Crippen molar-refractivity contribution >= 4 is 11.9 Å². The van der Waals surface area contributed by atoms with Crippen molar-refractivity contribution in [1.29, 1.82) is 0 Å². The summed E-state index contributed by atoms with van der Waals surface area (Å²) in [7, 11) is 0. The van der Waals surface area contributed by atoms with E-state index in [2.05, 4.69) is 34.6 Å². The fraction of sp³-hybridized carbons (Fsp3) is 0.918. The molecule has 4 saturated heterocycles. The molecule has 8 aliphatic rings. The van der Waals surface area contributed by atoms with Crippen LogP contribution in [0.3, 0.4) is 0 Å². The first-order chi connectivity index (χ1) is 31.3. The molecule has 8 N–H and O–H groups in total. The maximum atomic E-state index is 13.5. The molecule has 8 fully saturated rings. The number of aliphatic hydroxyl groups excluding tert-OH is 7. The molecular formula is C49H78O18. The monoisotopic (exact) mass is 955 g/mol. The summed E-state index contributed by atoms with van der Waals surface area (Å²) in [6.07, 6.45) is -13.4. The second-order valence-corrected chi connectivity index (χ2v) is 23.1. The fourth-order valence-corrected chi connectivity index (χ4v) is 15.1. The number of rotatable bonds is 10. The lowest BCUT2D eigenvalue weighted by Crippen LogP contribution is -2.68. The van der Waals surface area contributed by atoms with E-state index in [-0.39, 0.29) is 40.4 Å². The van der Waals surface area contributed by atoms with Gasteiger partial charge in [-0.3, -0.25) is 4.79 Å². The van der Waals surface area contributed by atoms with Gasteiger partial charge in [0, 0.05) is 19.3 Å². The van der Waals surface area contributed by atoms with E-state index >= 15 is 0 Å². The van der Waals surface area contributed by atoms with Crippen LogP contribution in [0.1, 0.15) is 120 Å². The summed E-state index contributed by atoms with van der Waals surface area (Å²) in [6.45, 7) is 17.4. The van der Waals surface area contributed by atoms with Crippen molar-refractivity contribution < 1.29 is 88.3 Å². The summed E-state index contributed by atoms with van der Waals surface area (Å²) in [5.74, 6) is -0.695. The van der Waals surface area contributed by atoms with Gasteiger partial charge in [-0.05, 0) is 118 Å². The van der Waals surface area contributed by atoms with Gasteiger partial charge < -0.3 is 78.7 Å². The number of fused-ring (bicyclic) bond motifs is 5. The average molecular weight is 955 g/mol. The molecule has 382 valence electrons. The highest BCUT2D eigenvalue weighted by molar-refractivity contribution is 5.82. The second kappa shape index (κ2) is 18.6. The lowest BCUT2D eigenvalue weighted by molar-refractivity contribution is -0.395. The van der Waals surface area contributed by atoms with Crippen molar-refractivity contribution in [2.45, 2.75) is 224 Å². The smallest absolute Gasteiger partial charge is 0.339 e. The summed E-state index contributed by atoms with van der Waals surface area (Å²) >= 11 is 0. The van der Waals surface area contributed by atoms with Gasteiger partial charge in [0.25, 0.3) is 0 Å². The summed E-state index contributed by atoms with van der Waals surface area (Å²) in [4.78, 5) is 25.6. The van der Waals surface area contributed by atoms with Crippen LogP contribution in [0.2, 0.25) is 0 Å². The van der Waals surface area contributed by atoms with E-state index in [4.69, 9.17) is 37.9 Å². The van der Waals surface area contributed by atoms with Gasteiger partial charge in [-0.2, -0.15) is 0 Å². The Hall–Kier alpha value is -1.88. The molecule has 24 unspecified atom stereocenters. The lowest BCUT2D eigenvalue weighted by Gasteiger charge is -2.70. The molecule has 0 aromatic carbocycles.